The number of benzene rings is 2. The summed E-state index contributed by atoms with van der Waals surface area (Å²) in [4.78, 5) is 12.4. The second-order valence-electron chi connectivity index (χ2n) is 7.07. The van der Waals surface area contributed by atoms with Crippen LogP contribution in [0.5, 0.6) is 0 Å². The van der Waals surface area contributed by atoms with Crippen molar-refractivity contribution in [2.45, 2.75) is 37.5 Å². The Bertz CT molecular complexity index is 906. The summed E-state index contributed by atoms with van der Waals surface area (Å²) in [6, 6.07) is 14.4. The number of aryl methyl sites for hydroxylation is 1. The smallest absolute Gasteiger partial charge is 0.243 e. The Morgan fingerprint density at radius 3 is 2.32 bits per heavy atom. The van der Waals surface area contributed by atoms with E-state index in [0.717, 1.165) is 31.4 Å². The molecule has 2 aromatic carbocycles. The van der Waals surface area contributed by atoms with E-state index < -0.39 is 10.0 Å². The number of rotatable bonds is 6. The lowest BCUT2D eigenvalue weighted by Crippen LogP contribution is -2.32. The molecule has 1 amide bonds. The summed E-state index contributed by atoms with van der Waals surface area (Å²) < 4.78 is 27.8. The van der Waals surface area contributed by atoms with Crippen molar-refractivity contribution < 1.29 is 13.2 Å². The maximum Gasteiger partial charge on any atom is 0.243 e. The Kier molecular flexibility index (Phi) is 6.70. The average molecular weight is 402 g/mol. The van der Waals surface area contributed by atoms with Gasteiger partial charge in [0.15, 0.2) is 0 Å². The molecule has 2 N–H and O–H groups in total. The summed E-state index contributed by atoms with van der Waals surface area (Å²) in [6.45, 7) is 3.00. The van der Waals surface area contributed by atoms with Crippen LogP contribution in [0.25, 0.3) is 0 Å². The number of carbonyl (C=O) groups excluding carboxylic acids is 1. The molecule has 3 rings (SSSR count). The van der Waals surface area contributed by atoms with Crippen LogP contribution < -0.4 is 10.6 Å². The summed E-state index contributed by atoms with van der Waals surface area (Å²) in [7, 11) is -3.53. The molecule has 0 radical (unpaired) electrons. The van der Waals surface area contributed by atoms with Gasteiger partial charge in [0, 0.05) is 24.5 Å². The average Bonchev–Trinajstić information content (AvgIpc) is 2.98. The molecule has 0 aromatic heterocycles. The van der Waals surface area contributed by atoms with Crippen molar-refractivity contribution >= 4 is 27.3 Å². The maximum atomic E-state index is 13.1. The molecule has 1 aliphatic rings. The number of carbonyl (C=O) groups is 1. The number of para-hydroxylation sites is 1. The number of nitrogens with one attached hydrogen (secondary N) is 2. The number of hydrogen-bond donors (Lipinski definition) is 2. The highest BCUT2D eigenvalue weighted by Gasteiger charge is 2.26. The fourth-order valence-corrected chi connectivity index (χ4v) is 5.09. The van der Waals surface area contributed by atoms with Crippen LogP contribution in [-0.2, 0) is 14.8 Å². The minimum Gasteiger partial charge on any atom is -0.376 e. The molecule has 0 unspecified atom stereocenters. The van der Waals surface area contributed by atoms with Crippen molar-refractivity contribution in [3.8, 4) is 0 Å². The third-order valence-electron chi connectivity index (χ3n) is 4.88. The first-order valence-corrected chi connectivity index (χ1v) is 11.1. The Morgan fingerprint density at radius 2 is 1.64 bits per heavy atom. The minimum atomic E-state index is -3.53. The normalized spacial score (nSPS) is 15.6. The van der Waals surface area contributed by atoms with Gasteiger partial charge in [0.2, 0.25) is 15.9 Å². The standard InChI is InChI=1S/C21H27N3O3S/c1-17-11-12-19(22-16-21(25)23-18-9-5-4-6-10-18)15-20(17)28(26,27)24-13-7-2-3-8-14-24/h4-6,9-12,15,22H,2-3,7-8,13-14,16H2,1H3,(H,23,25). The van der Waals surface area contributed by atoms with Gasteiger partial charge >= 0.3 is 0 Å². The van der Waals surface area contributed by atoms with Crippen LogP contribution in [0.2, 0.25) is 0 Å². The second-order valence-corrected chi connectivity index (χ2v) is 8.97. The molecule has 1 aliphatic heterocycles. The van der Waals surface area contributed by atoms with Gasteiger partial charge in [0.1, 0.15) is 0 Å². The van der Waals surface area contributed by atoms with Gasteiger partial charge < -0.3 is 10.6 Å². The summed E-state index contributed by atoms with van der Waals surface area (Å²) in [5, 5.41) is 5.82. The summed E-state index contributed by atoms with van der Waals surface area (Å²) in [6.07, 6.45) is 3.94. The molecule has 150 valence electrons. The molecular weight excluding hydrogens is 374 g/mol. The van der Waals surface area contributed by atoms with Crippen LogP contribution >= 0.6 is 0 Å². The van der Waals surface area contributed by atoms with E-state index >= 15 is 0 Å². The Balaban J connectivity index is 1.69. The van der Waals surface area contributed by atoms with E-state index in [2.05, 4.69) is 10.6 Å². The highest BCUT2D eigenvalue weighted by molar-refractivity contribution is 7.89. The molecule has 0 spiro atoms. The zero-order valence-corrected chi connectivity index (χ0v) is 17.0. The summed E-state index contributed by atoms with van der Waals surface area (Å²) >= 11 is 0. The molecule has 1 fully saturated rings. The fraction of sp³-hybridized carbons (Fsp3) is 0.381. The van der Waals surface area contributed by atoms with Crippen molar-refractivity contribution in [1.29, 1.82) is 0 Å². The third-order valence-corrected chi connectivity index (χ3v) is 6.92. The van der Waals surface area contributed by atoms with Gasteiger partial charge in [-0.05, 0) is 49.6 Å². The number of hydrogen-bond acceptors (Lipinski definition) is 4. The predicted molar refractivity (Wildman–Crippen MR) is 112 cm³/mol. The zero-order valence-electron chi connectivity index (χ0n) is 16.1. The number of nitrogens with zero attached hydrogens (tertiary/aromatic N) is 1. The Labute approximate surface area is 167 Å². The molecule has 7 heteroatoms. The van der Waals surface area contributed by atoms with Crippen LogP contribution in [0.3, 0.4) is 0 Å². The predicted octanol–water partition coefficient (Wildman–Crippen LogP) is 3.61. The van der Waals surface area contributed by atoms with Crippen LogP contribution in [0.1, 0.15) is 31.2 Å². The van der Waals surface area contributed by atoms with Crippen molar-refractivity contribution in [2.24, 2.45) is 0 Å². The van der Waals surface area contributed by atoms with Gasteiger partial charge in [0.25, 0.3) is 0 Å². The molecular formula is C21H27N3O3S. The van der Waals surface area contributed by atoms with Crippen LogP contribution in [-0.4, -0.2) is 38.3 Å². The van der Waals surface area contributed by atoms with Gasteiger partial charge in [-0.3, -0.25) is 4.79 Å². The summed E-state index contributed by atoms with van der Waals surface area (Å²) in [5.41, 5.74) is 2.05. The van der Waals surface area contributed by atoms with Crippen LogP contribution in [0, 0.1) is 6.92 Å². The molecule has 0 atom stereocenters. The molecule has 1 heterocycles. The van der Waals surface area contributed by atoms with E-state index in [9.17, 15) is 13.2 Å². The van der Waals surface area contributed by atoms with E-state index in [4.69, 9.17) is 0 Å². The first-order valence-electron chi connectivity index (χ1n) is 9.66. The molecule has 2 aromatic rings. The van der Waals surface area contributed by atoms with Gasteiger partial charge in [-0.1, -0.05) is 37.1 Å². The van der Waals surface area contributed by atoms with Crippen LogP contribution in [0.15, 0.2) is 53.4 Å². The van der Waals surface area contributed by atoms with E-state index in [1.807, 2.05) is 30.3 Å². The van der Waals surface area contributed by atoms with Gasteiger partial charge in [-0.15, -0.1) is 0 Å². The molecule has 0 bridgehead atoms. The van der Waals surface area contributed by atoms with Crippen molar-refractivity contribution in [3.63, 3.8) is 0 Å². The van der Waals surface area contributed by atoms with E-state index in [1.54, 1.807) is 29.4 Å². The third kappa shape index (κ3) is 5.11. The molecule has 0 aliphatic carbocycles. The highest BCUT2D eigenvalue weighted by atomic mass is 32.2. The Hall–Kier alpha value is -2.38. The van der Waals surface area contributed by atoms with Crippen molar-refractivity contribution in [3.05, 3.63) is 54.1 Å². The van der Waals surface area contributed by atoms with E-state index in [-0.39, 0.29) is 12.5 Å². The topological polar surface area (TPSA) is 78.5 Å². The summed E-state index contributed by atoms with van der Waals surface area (Å²) in [5.74, 6) is -0.191. The molecule has 1 saturated heterocycles. The molecule has 6 nitrogen and oxygen atoms in total. The Morgan fingerprint density at radius 1 is 0.964 bits per heavy atom. The SMILES string of the molecule is Cc1ccc(NCC(=O)Nc2ccccc2)cc1S(=O)(=O)N1CCCCCC1. The fourth-order valence-electron chi connectivity index (χ4n) is 3.32. The lowest BCUT2D eigenvalue weighted by atomic mass is 10.2. The first kappa shape index (κ1) is 20.4. The zero-order chi connectivity index (χ0) is 20.0. The molecule has 0 saturated carbocycles. The van der Waals surface area contributed by atoms with Gasteiger partial charge in [-0.25, -0.2) is 8.42 Å². The minimum absolute atomic E-state index is 0.0567. The second kappa shape index (κ2) is 9.21. The van der Waals surface area contributed by atoms with Crippen LogP contribution in [0.4, 0.5) is 11.4 Å². The number of amides is 1. The van der Waals surface area contributed by atoms with E-state index in [0.29, 0.717) is 29.2 Å². The van der Waals surface area contributed by atoms with Crippen molar-refractivity contribution in [2.75, 3.05) is 30.3 Å². The number of sulfonamides is 1. The largest absolute Gasteiger partial charge is 0.376 e. The number of anilines is 2. The van der Waals surface area contributed by atoms with Crippen molar-refractivity contribution in [1.82, 2.24) is 4.31 Å². The lowest BCUT2D eigenvalue weighted by Gasteiger charge is -2.21. The van der Waals surface area contributed by atoms with Gasteiger partial charge in [-0.2, -0.15) is 4.31 Å². The molecule has 28 heavy (non-hydrogen) atoms. The van der Waals surface area contributed by atoms with Gasteiger partial charge in [0.05, 0.1) is 11.4 Å². The quantitative estimate of drug-likeness (QED) is 0.775. The highest BCUT2D eigenvalue weighted by Crippen LogP contribution is 2.25. The maximum absolute atomic E-state index is 13.1. The first-order chi connectivity index (χ1) is 13.5. The lowest BCUT2D eigenvalue weighted by molar-refractivity contribution is -0.114. The van der Waals surface area contributed by atoms with E-state index in [1.165, 1.54) is 0 Å². The monoisotopic (exact) mass is 401 g/mol.